The van der Waals surface area contributed by atoms with Crippen molar-refractivity contribution in [1.29, 1.82) is 0 Å². The van der Waals surface area contributed by atoms with E-state index in [1.54, 1.807) is 0 Å². The molecule has 1 aliphatic heterocycles. The van der Waals surface area contributed by atoms with Crippen molar-refractivity contribution in [3.8, 4) is 0 Å². The second-order valence-electron chi connectivity index (χ2n) is 3.85. The van der Waals surface area contributed by atoms with E-state index in [1.807, 2.05) is 0 Å². The molecule has 1 aromatic heterocycles. The minimum atomic E-state index is -1.80. The number of thioether (sulfide) groups is 1. The first-order valence-electron chi connectivity index (χ1n) is 5.08. The second kappa shape index (κ2) is 4.82. The van der Waals surface area contributed by atoms with Crippen LogP contribution in [0.15, 0.2) is 11.0 Å². The van der Waals surface area contributed by atoms with Crippen LogP contribution < -0.4 is 11.4 Å². The predicted molar refractivity (Wildman–Crippen MR) is 61.3 cm³/mol. The number of alkyl halides is 1. The van der Waals surface area contributed by atoms with E-state index in [0.29, 0.717) is 0 Å². The van der Waals surface area contributed by atoms with Crippen molar-refractivity contribution in [3.63, 3.8) is 0 Å². The van der Waals surface area contributed by atoms with Crippen LogP contribution in [0.25, 0.3) is 0 Å². The molecule has 18 heavy (non-hydrogen) atoms. The van der Waals surface area contributed by atoms with Crippen LogP contribution in [-0.4, -0.2) is 43.9 Å². The molecule has 9 heteroatoms. The molecule has 0 aliphatic carbocycles. The molecule has 0 spiro atoms. The Kier molecular flexibility index (Phi) is 3.55. The van der Waals surface area contributed by atoms with Crippen LogP contribution in [0.1, 0.15) is 5.37 Å². The molecule has 0 bridgehead atoms. The first-order chi connectivity index (χ1) is 8.45. The number of anilines is 1. The first kappa shape index (κ1) is 13.2. The lowest BCUT2D eigenvalue weighted by molar-refractivity contribution is 0.0630. The zero-order chi connectivity index (χ0) is 13.4. The van der Waals surface area contributed by atoms with Gasteiger partial charge in [0, 0.05) is 6.20 Å². The Morgan fingerprint density at radius 1 is 1.61 bits per heavy atom. The second-order valence-corrected chi connectivity index (χ2v) is 5.21. The molecular weight excluding hydrogens is 268 g/mol. The van der Waals surface area contributed by atoms with Crippen LogP contribution in [0, 0.1) is 5.82 Å². The van der Waals surface area contributed by atoms with Gasteiger partial charge in [-0.15, -0.1) is 11.8 Å². The average molecular weight is 279 g/mol. The first-order valence-corrected chi connectivity index (χ1v) is 6.02. The number of nitrogens with two attached hydrogens (primary N) is 1. The minimum absolute atomic E-state index is 0.442. The number of aliphatic hydroxyl groups is 2. The van der Waals surface area contributed by atoms with Gasteiger partial charge in [0.25, 0.3) is 0 Å². The van der Waals surface area contributed by atoms with E-state index >= 15 is 0 Å². The number of nitrogen functional groups attached to an aromatic ring is 1. The Morgan fingerprint density at radius 3 is 2.83 bits per heavy atom. The van der Waals surface area contributed by atoms with Crippen LogP contribution in [0.5, 0.6) is 0 Å². The third-order valence-electron chi connectivity index (χ3n) is 2.68. The van der Waals surface area contributed by atoms with Crippen LogP contribution >= 0.6 is 11.8 Å². The van der Waals surface area contributed by atoms with Crippen LogP contribution in [0.3, 0.4) is 0 Å². The molecule has 0 unspecified atom stereocenters. The van der Waals surface area contributed by atoms with Gasteiger partial charge in [-0.25, -0.2) is 13.6 Å². The number of nitrogens with zero attached hydrogens (tertiary/aromatic N) is 2. The normalized spacial score (nSPS) is 31.8. The van der Waals surface area contributed by atoms with Gasteiger partial charge < -0.3 is 15.9 Å². The molecule has 100 valence electrons. The predicted octanol–water partition coefficient (Wildman–Crippen LogP) is -0.730. The molecule has 4 N–H and O–H groups in total. The summed E-state index contributed by atoms with van der Waals surface area (Å²) in [5, 5.41) is 16.5. The topological polar surface area (TPSA) is 101 Å². The third kappa shape index (κ3) is 2.08. The van der Waals surface area contributed by atoms with Crippen LogP contribution in [0.4, 0.5) is 14.6 Å². The zero-order valence-corrected chi connectivity index (χ0v) is 9.85. The van der Waals surface area contributed by atoms with E-state index in [1.165, 1.54) is 0 Å². The summed E-state index contributed by atoms with van der Waals surface area (Å²) in [6, 6.07) is 0. The maximum Gasteiger partial charge on any atom is 0.350 e. The van der Waals surface area contributed by atoms with Gasteiger partial charge in [-0.1, -0.05) is 0 Å². The minimum Gasteiger partial charge on any atom is -0.395 e. The van der Waals surface area contributed by atoms with Crippen molar-refractivity contribution in [2.24, 2.45) is 0 Å². The third-order valence-corrected chi connectivity index (χ3v) is 4.23. The van der Waals surface area contributed by atoms with Gasteiger partial charge in [0.2, 0.25) is 0 Å². The summed E-state index contributed by atoms with van der Waals surface area (Å²) in [6.45, 7) is -0.442. The lowest BCUT2D eigenvalue weighted by atomic mass is 10.1. The Bertz CT molecular complexity index is 512. The number of aliphatic hydroxyl groups excluding tert-OH is 2. The van der Waals surface area contributed by atoms with E-state index in [-0.39, 0.29) is 0 Å². The molecule has 2 heterocycles. The number of halogens is 2. The Balaban J connectivity index is 2.39. The fourth-order valence-corrected chi connectivity index (χ4v) is 3.07. The van der Waals surface area contributed by atoms with Gasteiger partial charge in [-0.05, 0) is 0 Å². The quantitative estimate of drug-likeness (QED) is 0.660. The van der Waals surface area contributed by atoms with Crippen LogP contribution in [-0.2, 0) is 0 Å². The highest BCUT2D eigenvalue weighted by Crippen LogP contribution is 2.42. The maximum absolute atomic E-state index is 13.8. The van der Waals surface area contributed by atoms with Crippen molar-refractivity contribution >= 4 is 17.6 Å². The lowest BCUT2D eigenvalue weighted by Gasteiger charge is -2.15. The van der Waals surface area contributed by atoms with Gasteiger partial charge in [0.1, 0.15) is 11.5 Å². The maximum atomic E-state index is 13.8. The standard InChI is InChI=1S/C9H11F2N3O3S/c10-3-1-14(9(17)13-7(3)12)8-5(11)6(16)4(2-15)18-8/h1,4-6,8,15-16H,2H2,(H2,12,13,17)/t4-,5+,6-,8+/m1/s1. The van der Waals surface area contributed by atoms with Crippen molar-refractivity contribution in [3.05, 3.63) is 22.5 Å². The fourth-order valence-electron chi connectivity index (χ4n) is 1.72. The molecule has 1 fully saturated rings. The summed E-state index contributed by atoms with van der Waals surface area (Å²) in [5.41, 5.74) is 4.21. The summed E-state index contributed by atoms with van der Waals surface area (Å²) < 4.78 is 27.8. The monoisotopic (exact) mass is 279 g/mol. The van der Waals surface area contributed by atoms with Crippen LogP contribution in [0.2, 0.25) is 0 Å². The van der Waals surface area contributed by atoms with E-state index in [4.69, 9.17) is 10.8 Å². The highest BCUT2D eigenvalue weighted by molar-refractivity contribution is 8.00. The Labute approximate surface area is 104 Å². The summed E-state index contributed by atoms with van der Waals surface area (Å²) >= 11 is 0.849. The van der Waals surface area contributed by atoms with Crippen molar-refractivity contribution in [2.75, 3.05) is 12.3 Å². The van der Waals surface area contributed by atoms with E-state index in [9.17, 15) is 18.7 Å². The molecular formula is C9H11F2N3O3S. The summed E-state index contributed by atoms with van der Waals surface area (Å²) in [7, 11) is 0. The smallest absolute Gasteiger partial charge is 0.350 e. The van der Waals surface area contributed by atoms with Crippen molar-refractivity contribution in [1.82, 2.24) is 9.55 Å². The Morgan fingerprint density at radius 2 is 2.28 bits per heavy atom. The van der Waals surface area contributed by atoms with E-state index in [2.05, 4.69) is 4.98 Å². The molecule has 1 aliphatic rings. The molecule has 0 amide bonds. The zero-order valence-electron chi connectivity index (χ0n) is 9.03. The number of aromatic nitrogens is 2. The number of rotatable bonds is 2. The van der Waals surface area contributed by atoms with E-state index in [0.717, 1.165) is 22.5 Å². The van der Waals surface area contributed by atoms with Gasteiger partial charge in [-0.3, -0.25) is 4.57 Å². The summed E-state index contributed by atoms with van der Waals surface area (Å²) in [5.74, 6) is -1.50. The fraction of sp³-hybridized carbons (Fsp3) is 0.556. The lowest BCUT2D eigenvalue weighted by Crippen LogP contribution is -2.33. The van der Waals surface area contributed by atoms with Crippen molar-refractivity contribution < 1.29 is 19.0 Å². The average Bonchev–Trinajstić information content (AvgIpc) is 2.61. The molecule has 6 nitrogen and oxygen atoms in total. The molecule has 2 rings (SSSR count). The van der Waals surface area contributed by atoms with Gasteiger partial charge >= 0.3 is 5.69 Å². The van der Waals surface area contributed by atoms with Gasteiger partial charge in [-0.2, -0.15) is 4.98 Å². The van der Waals surface area contributed by atoms with Gasteiger partial charge in [0.05, 0.1) is 11.9 Å². The molecule has 0 aromatic carbocycles. The van der Waals surface area contributed by atoms with E-state index < -0.39 is 46.8 Å². The number of hydrogen-bond donors (Lipinski definition) is 3. The Hall–Kier alpha value is -1.19. The van der Waals surface area contributed by atoms with Crippen molar-refractivity contribution in [2.45, 2.75) is 22.9 Å². The molecule has 1 aromatic rings. The number of hydrogen-bond acceptors (Lipinski definition) is 6. The highest BCUT2D eigenvalue weighted by atomic mass is 32.2. The largest absolute Gasteiger partial charge is 0.395 e. The highest BCUT2D eigenvalue weighted by Gasteiger charge is 2.44. The summed E-state index contributed by atoms with van der Waals surface area (Å²) in [6.07, 6.45) is -2.46. The SMILES string of the molecule is Nc1nc(=O)n([C@H]2S[C@H](CO)[C@@H](O)[C@@H]2F)cc1F. The molecule has 1 saturated heterocycles. The molecule has 0 radical (unpaired) electrons. The summed E-state index contributed by atoms with van der Waals surface area (Å²) in [4.78, 5) is 14.7. The van der Waals surface area contributed by atoms with Gasteiger partial charge in [0.15, 0.2) is 17.8 Å². The molecule has 0 saturated carbocycles. The molecule has 4 atom stereocenters.